The molecule has 0 aromatic carbocycles. The van der Waals surface area contributed by atoms with Gasteiger partial charge in [0, 0.05) is 6.04 Å². The first-order chi connectivity index (χ1) is 6.91. The lowest BCUT2D eigenvalue weighted by atomic mass is 10.0. The fourth-order valence-electron chi connectivity index (χ4n) is 1.40. The molecule has 86 valence electrons. The van der Waals surface area contributed by atoms with E-state index in [1.165, 1.54) is 0 Å². The van der Waals surface area contributed by atoms with E-state index in [-0.39, 0.29) is 6.04 Å². The van der Waals surface area contributed by atoms with Crippen LogP contribution in [0.4, 0.5) is 13.2 Å². The maximum atomic E-state index is 12.2. The Labute approximate surface area is 86.5 Å². The second kappa shape index (κ2) is 4.68. The van der Waals surface area contributed by atoms with Crippen LogP contribution in [0, 0.1) is 5.92 Å². The summed E-state index contributed by atoms with van der Waals surface area (Å²) >= 11 is 0. The molecule has 0 saturated carbocycles. The van der Waals surface area contributed by atoms with Gasteiger partial charge in [-0.1, -0.05) is 12.2 Å². The molecule has 5 heteroatoms. The van der Waals surface area contributed by atoms with Gasteiger partial charge in [0.2, 0.25) is 5.91 Å². The van der Waals surface area contributed by atoms with E-state index >= 15 is 0 Å². The first-order valence-electron chi connectivity index (χ1n) is 4.93. The van der Waals surface area contributed by atoms with E-state index in [1.54, 1.807) is 0 Å². The van der Waals surface area contributed by atoms with E-state index < -0.39 is 18.0 Å². The van der Waals surface area contributed by atoms with Crippen molar-refractivity contribution in [1.82, 2.24) is 5.32 Å². The zero-order chi connectivity index (χ0) is 11.5. The summed E-state index contributed by atoms with van der Waals surface area (Å²) in [5.41, 5.74) is 0. The van der Waals surface area contributed by atoms with Gasteiger partial charge in [-0.05, 0) is 26.2 Å². The minimum atomic E-state index is -4.45. The van der Waals surface area contributed by atoms with Crippen LogP contribution in [0.2, 0.25) is 0 Å². The van der Waals surface area contributed by atoms with Crippen LogP contribution in [-0.2, 0) is 4.79 Å². The Morgan fingerprint density at radius 3 is 2.60 bits per heavy atom. The third kappa shape index (κ3) is 3.57. The fourth-order valence-corrected chi connectivity index (χ4v) is 1.40. The third-order valence-corrected chi connectivity index (χ3v) is 2.50. The number of halogens is 3. The van der Waals surface area contributed by atoms with Gasteiger partial charge in [0.1, 0.15) is 5.92 Å². The second-order valence-corrected chi connectivity index (χ2v) is 3.75. The largest absolute Gasteiger partial charge is 0.400 e. The van der Waals surface area contributed by atoms with Gasteiger partial charge in [-0.25, -0.2) is 0 Å². The molecule has 0 unspecified atom stereocenters. The highest BCUT2D eigenvalue weighted by Crippen LogP contribution is 2.26. The standard InChI is InChI=1S/C10H14F3NO/c1-7(10(11,12)13)9(15)14-8-5-3-2-4-6-8/h2-3,7-8H,4-6H2,1H3,(H,14,15)/t7-,8+/m1/s1. The molecule has 0 aliphatic heterocycles. The first kappa shape index (κ1) is 12.1. The lowest BCUT2D eigenvalue weighted by Crippen LogP contribution is -2.43. The van der Waals surface area contributed by atoms with Gasteiger partial charge in [0.25, 0.3) is 0 Å². The zero-order valence-electron chi connectivity index (χ0n) is 8.47. The van der Waals surface area contributed by atoms with Crippen molar-refractivity contribution >= 4 is 5.91 Å². The summed E-state index contributed by atoms with van der Waals surface area (Å²) in [6.07, 6.45) is 1.55. The van der Waals surface area contributed by atoms with Crippen molar-refractivity contribution in [2.24, 2.45) is 5.92 Å². The Hall–Kier alpha value is -1.00. The lowest BCUT2D eigenvalue weighted by Gasteiger charge is -2.22. The average Bonchev–Trinajstić information content (AvgIpc) is 2.16. The number of hydrogen-bond acceptors (Lipinski definition) is 1. The molecular formula is C10H14F3NO. The van der Waals surface area contributed by atoms with Crippen molar-refractivity contribution in [2.75, 3.05) is 0 Å². The Morgan fingerprint density at radius 2 is 2.13 bits per heavy atom. The Kier molecular flexibility index (Phi) is 3.77. The monoisotopic (exact) mass is 221 g/mol. The molecule has 1 N–H and O–H groups in total. The number of rotatable bonds is 2. The highest BCUT2D eigenvalue weighted by molar-refractivity contribution is 5.79. The summed E-state index contributed by atoms with van der Waals surface area (Å²) < 4.78 is 36.5. The van der Waals surface area contributed by atoms with E-state index in [0.29, 0.717) is 12.8 Å². The number of carbonyl (C=O) groups excluding carboxylic acids is 1. The zero-order valence-corrected chi connectivity index (χ0v) is 8.47. The number of allylic oxidation sites excluding steroid dienone is 1. The van der Waals surface area contributed by atoms with Crippen LogP contribution in [0.15, 0.2) is 12.2 Å². The van der Waals surface area contributed by atoms with Crippen LogP contribution in [0.1, 0.15) is 26.2 Å². The minimum absolute atomic E-state index is 0.146. The van der Waals surface area contributed by atoms with Crippen molar-refractivity contribution in [3.05, 3.63) is 12.2 Å². The smallest absolute Gasteiger partial charge is 0.353 e. The van der Waals surface area contributed by atoms with E-state index in [4.69, 9.17) is 0 Å². The van der Waals surface area contributed by atoms with Crippen LogP contribution in [0.5, 0.6) is 0 Å². The second-order valence-electron chi connectivity index (χ2n) is 3.75. The number of amides is 1. The van der Waals surface area contributed by atoms with E-state index in [0.717, 1.165) is 13.3 Å². The van der Waals surface area contributed by atoms with Gasteiger partial charge in [-0.3, -0.25) is 4.79 Å². The summed E-state index contributed by atoms with van der Waals surface area (Å²) in [7, 11) is 0. The molecule has 1 rings (SSSR count). The summed E-state index contributed by atoms with van der Waals surface area (Å²) in [5.74, 6) is -2.86. The molecular weight excluding hydrogens is 207 g/mol. The van der Waals surface area contributed by atoms with Crippen LogP contribution in [-0.4, -0.2) is 18.1 Å². The quantitative estimate of drug-likeness (QED) is 0.713. The van der Waals surface area contributed by atoms with Gasteiger partial charge >= 0.3 is 6.18 Å². The Morgan fingerprint density at radius 1 is 1.47 bits per heavy atom. The summed E-state index contributed by atoms with van der Waals surface area (Å²) in [4.78, 5) is 11.2. The van der Waals surface area contributed by atoms with Crippen LogP contribution < -0.4 is 5.32 Å². The van der Waals surface area contributed by atoms with Crippen LogP contribution >= 0.6 is 0 Å². The molecule has 2 nitrogen and oxygen atoms in total. The topological polar surface area (TPSA) is 29.1 Å². The molecule has 0 aromatic rings. The van der Waals surface area contributed by atoms with Crippen LogP contribution in [0.25, 0.3) is 0 Å². The normalized spacial score (nSPS) is 23.6. The average molecular weight is 221 g/mol. The molecule has 0 spiro atoms. The van der Waals surface area contributed by atoms with Gasteiger partial charge < -0.3 is 5.32 Å². The van der Waals surface area contributed by atoms with E-state index in [2.05, 4.69) is 5.32 Å². The molecule has 1 aliphatic rings. The highest BCUT2D eigenvalue weighted by Gasteiger charge is 2.41. The molecule has 0 heterocycles. The molecule has 0 radical (unpaired) electrons. The van der Waals surface area contributed by atoms with Crippen molar-refractivity contribution in [1.29, 1.82) is 0 Å². The van der Waals surface area contributed by atoms with Crippen LogP contribution in [0.3, 0.4) is 0 Å². The molecule has 0 aromatic heterocycles. The van der Waals surface area contributed by atoms with Gasteiger partial charge in [-0.2, -0.15) is 13.2 Å². The molecule has 2 atom stereocenters. The Balaban J connectivity index is 2.44. The molecule has 0 saturated heterocycles. The fraction of sp³-hybridized carbons (Fsp3) is 0.700. The van der Waals surface area contributed by atoms with Gasteiger partial charge in [-0.15, -0.1) is 0 Å². The Bertz CT molecular complexity index is 260. The minimum Gasteiger partial charge on any atom is -0.353 e. The predicted octanol–water partition coefficient (Wildman–Crippen LogP) is 2.41. The van der Waals surface area contributed by atoms with Gasteiger partial charge in [0.05, 0.1) is 0 Å². The summed E-state index contributed by atoms with van der Waals surface area (Å²) in [6, 6.07) is -0.146. The number of hydrogen-bond donors (Lipinski definition) is 1. The molecule has 0 bridgehead atoms. The SMILES string of the molecule is C[C@H](C(=O)N[C@H]1CC=CCC1)C(F)(F)F. The number of nitrogens with one attached hydrogen (secondary N) is 1. The lowest BCUT2D eigenvalue weighted by molar-refractivity contribution is -0.179. The maximum absolute atomic E-state index is 12.2. The summed E-state index contributed by atoms with van der Waals surface area (Å²) in [6.45, 7) is 0.883. The van der Waals surface area contributed by atoms with E-state index in [9.17, 15) is 18.0 Å². The van der Waals surface area contributed by atoms with Crippen molar-refractivity contribution < 1.29 is 18.0 Å². The number of carbonyl (C=O) groups is 1. The van der Waals surface area contributed by atoms with E-state index in [1.807, 2.05) is 12.2 Å². The first-order valence-corrected chi connectivity index (χ1v) is 4.93. The van der Waals surface area contributed by atoms with Crippen molar-refractivity contribution in [2.45, 2.75) is 38.4 Å². The van der Waals surface area contributed by atoms with Crippen molar-refractivity contribution in [3.8, 4) is 0 Å². The molecule has 15 heavy (non-hydrogen) atoms. The highest BCUT2D eigenvalue weighted by atomic mass is 19.4. The summed E-state index contributed by atoms with van der Waals surface area (Å²) in [5, 5.41) is 2.41. The third-order valence-electron chi connectivity index (χ3n) is 2.50. The maximum Gasteiger partial charge on any atom is 0.400 e. The van der Waals surface area contributed by atoms with Gasteiger partial charge in [0.15, 0.2) is 0 Å². The molecule has 0 fully saturated rings. The molecule has 1 amide bonds. The molecule has 1 aliphatic carbocycles. The van der Waals surface area contributed by atoms with Crippen molar-refractivity contribution in [3.63, 3.8) is 0 Å². The predicted molar refractivity (Wildman–Crippen MR) is 50.1 cm³/mol. The number of alkyl halides is 3.